The first-order valence-corrected chi connectivity index (χ1v) is 5.52. The van der Waals surface area contributed by atoms with E-state index in [9.17, 15) is 8.42 Å². The molecule has 66 valence electrons. The minimum atomic E-state index is -2.92. The van der Waals surface area contributed by atoms with Gasteiger partial charge in [0.1, 0.15) is 0 Å². The number of aliphatic hydroxyl groups is 1. The Kier molecular flexibility index (Phi) is 2.51. The third-order valence-electron chi connectivity index (χ3n) is 2.01. The Morgan fingerprint density at radius 2 is 2.27 bits per heavy atom. The van der Waals surface area contributed by atoms with Crippen molar-refractivity contribution in [3.63, 3.8) is 0 Å². The van der Waals surface area contributed by atoms with Crippen molar-refractivity contribution in [3.8, 4) is 0 Å². The van der Waals surface area contributed by atoms with Crippen LogP contribution in [0.4, 0.5) is 0 Å². The minimum Gasteiger partial charge on any atom is -0.395 e. The summed E-state index contributed by atoms with van der Waals surface area (Å²) in [6, 6.07) is -0.0327. The van der Waals surface area contributed by atoms with Gasteiger partial charge in [0, 0.05) is 18.8 Å². The Hall–Kier alpha value is -0.130. The van der Waals surface area contributed by atoms with Gasteiger partial charge in [0.05, 0.1) is 11.9 Å². The molecule has 0 aromatic rings. The maximum atomic E-state index is 11.0. The summed E-state index contributed by atoms with van der Waals surface area (Å²) in [7, 11) is -2.92. The van der Waals surface area contributed by atoms with E-state index in [2.05, 4.69) is 5.32 Å². The Morgan fingerprint density at radius 3 is 2.55 bits per heavy atom. The quantitative estimate of drug-likeness (QED) is 0.556. The van der Waals surface area contributed by atoms with Crippen LogP contribution in [-0.4, -0.2) is 44.2 Å². The van der Waals surface area contributed by atoms with Gasteiger partial charge in [-0.05, 0) is 6.42 Å². The molecule has 0 aromatic carbocycles. The second kappa shape index (κ2) is 3.08. The summed E-state index contributed by atoms with van der Waals surface area (Å²) in [4.78, 5) is 0. The highest BCUT2D eigenvalue weighted by atomic mass is 32.2. The summed E-state index contributed by atoms with van der Waals surface area (Å²) < 4.78 is 21.9. The second-order valence-corrected chi connectivity index (χ2v) is 5.30. The standard InChI is InChI=1S/C6H13NO3S/c1-11(9,10)6-2-5(4-8)7-3-6/h5-8H,2-4H2,1H3. The molecule has 1 heterocycles. The molecule has 2 atom stereocenters. The van der Waals surface area contributed by atoms with Crippen molar-refractivity contribution in [2.75, 3.05) is 19.4 Å². The van der Waals surface area contributed by atoms with Crippen molar-refractivity contribution in [2.45, 2.75) is 17.7 Å². The first-order valence-electron chi connectivity index (χ1n) is 3.57. The lowest BCUT2D eigenvalue weighted by atomic mass is 10.2. The van der Waals surface area contributed by atoms with Gasteiger partial charge in [0.15, 0.2) is 9.84 Å². The summed E-state index contributed by atoms with van der Waals surface area (Å²) in [5.41, 5.74) is 0. The lowest BCUT2D eigenvalue weighted by molar-refractivity contribution is 0.255. The Labute approximate surface area is 66.5 Å². The molecule has 1 fully saturated rings. The van der Waals surface area contributed by atoms with Crippen LogP contribution in [0.15, 0.2) is 0 Å². The normalized spacial score (nSPS) is 32.5. The Balaban J connectivity index is 2.55. The van der Waals surface area contributed by atoms with Crippen molar-refractivity contribution in [1.82, 2.24) is 5.32 Å². The molecule has 5 heteroatoms. The van der Waals surface area contributed by atoms with Gasteiger partial charge in [0.2, 0.25) is 0 Å². The van der Waals surface area contributed by atoms with Crippen LogP contribution in [0.1, 0.15) is 6.42 Å². The highest BCUT2D eigenvalue weighted by Gasteiger charge is 2.30. The molecule has 0 radical (unpaired) electrons. The topological polar surface area (TPSA) is 66.4 Å². The van der Waals surface area contributed by atoms with E-state index in [1.807, 2.05) is 0 Å². The maximum absolute atomic E-state index is 11.0. The molecular formula is C6H13NO3S. The van der Waals surface area contributed by atoms with Crippen LogP contribution in [0.3, 0.4) is 0 Å². The van der Waals surface area contributed by atoms with Crippen LogP contribution in [0.2, 0.25) is 0 Å². The zero-order valence-electron chi connectivity index (χ0n) is 6.45. The molecule has 4 nitrogen and oxygen atoms in total. The van der Waals surface area contributed by atoms with Gasteiger partial charge < -0.3 is 10.4 Å². The highest BCUT2D eigenvalue weighted by Crippen LogP contribution is 2.13. The second-order valence-electron chi connectivity index (χ2n) is 2.97. The van der Waals surface area contributed by atoms with Crippen LogP contribution in [0.5, 0.6) is 0 Å². The minimum absolute atomic E-state index is 0.0199. The van der Waals surface area contributed by atoms with Gasteiger partial charge in [-0.2, -0.15) is 0 Å². The smallest absolute Gasteiger partial charge is 0.151 e. The third-order valence-corrected chi connectivity index (χ3v) is 3.58. The first kappa shape index (κ1) is 8.96. The summed E-state index contributed by atoms with van der Waals surface area (Å²) in [5, 5.41) is 11.3. The van der Waals surface area contributed by atoms with Gasteiger partial charge in [-0.3, -0.25) is 0 Å². The van der Waals surface area contributed by atoms with Gasteiger partial charge in [-0.1, -0.05) is 0 Å². The molecule has 0 aliphatic carbocycles. The average Bonchev–Trinajstić information content (AvgIpc) is 2.32. The van der Waals surface area contributed by atoms with Gasteiger partial charge in [-0.15, -0.1) is 0 Å². The molecule has 1 aliphatic heterocycles. The number of rotatable bonds is 2. The Morgan fingerprint density at radius 1 is 1.64 bits per heavy atom. The van der Waals surface area contributed by atoms with Crippen molar-refractivity contribution in [2.24, 2.45) is 0 Å². The van der Waals surface area contributed by atoms with E-state index in [4.69, 9.17) is 5.11 Å². The first-order chi connectivity index (χ1) is 5.04. The van der Waals surface area contributed by atoms with Crippen LogP contribution < -0.4 is 5.32 Å². The number of aliphatic hydroxyl groups excluding tert-OH is 1. The third kappa shape index (κ3) is 2.15. The maximum Gasteiger partial charge on any atom is 0.151 e. The van der Waals surface area contributed by atoms with E-state index in [0.717, 1.165) is 0 Å². The summed E-state index contributed by atoms with van der Waals surface area (Å²) >= 11 is 0. The van der Waals surface area contributed by atoms with E-state index in [0.29, 0.717) is 13.0 Å². The number of hydrogen-bond donors (Lipinski definition) is 2. The van der Waals surface area contributed by atoms with Crippen LogP contribution >= 0.6 is 0 Å². The highest BCUT2D eigenvalue weighted by molar-refractivity contribution is 7.91. The number of nitrogens with one attached hydrogen (secondary N) is 1. The van der Waals surface area contributed by atoms with Crippen LogP contribution in [-0.2, 0) is 9.84 Å². The van der Waals surface area contributed by atoms with E-state index in [1.54, 1.807) is 0 Å². The van der Waals surface area contributed by atoms with Gasteiger partial charge in [-0.25, -0.2) is 8.42 Å². The molecule has 0 amide bonds. The largest absolute Gasteiger partial charge is 0.395 e. The summed E-state index contributed by atoms with van der Waals surface area (Å²) in [6.07, 6.45) is 1.77. The van der Waals surface area contributed by atoms with E-state index in [1.165, 1.54) is 6.26 Å². The predicted octanol–water partition coefficient (Wildman–Crippen LogP) is -1.25. The number of sulfone groups is 1. The molecule has 0 saturated carbocycles. The molecule has 1 aliphatic rings. The van der Waals surface area contributed by atoms with Gasteiger partial charge >= 0.3 is 0 Å². The molecule has 11 heavy (non-hydrogen) atoms. The SMILES string of the molecule is CS(=O)(=O)C1CNC(CO)C1. The van der Waals surface area contributed by atoms with E-state index in [-0.39, 0.29) is 17.9 Å². The predicted molar refractivity (Wildman–Crippen MR) is 42.1 cm³/mol. The molecule has 1 rings (SSSR count). The molecule has 2 unspecified atom stereocenters. The van der Waals surface area contributed by atoms with E-state index >= 15 is 0 Å². The van der Waals surface area contributed by atoms with Gasteiger partial charge in [0.25, 0.3) is 0 Å². The lowest BCUT2D eigenvalue weighted by Crippen LogP contribution is -2.25. The van der Waals surface area contributed by atoms with Crippen molar-refractivity contribution in [3.05, 3.63) is 0 Å². The van der Waals surface area contributed by atoms with Crippen LogP contribution in [0, 0.1) is 0 Å². The van der Waals surface area contributed by atoms with Crippen molar-refractivity contribution in [1.29, 1.82) is 0 Å². The molecule has 0 spiro atoms. The molecule has 2 N–H and O–H groups in total. The van der Waals surface area contributed by atoms with Crippen molar-refractivity contribution < 1.29 is 13.5 Å². The fourth-order valence-corrected chi connectivity index (χ4v) is 2.23. The lowest BCUT2D eigenvalue weighted by Gasteiger charge is -2.04. The molecule has 1 saturated heterocycles. The zero-order valence-corrected chi connectivity index (χ0v) is 7.26. The van der Waals surface area contributed by atoms with Crippen LogP contribution in [0.25, 0.3) is 0 Å². The van der Waals surface area contributed by atoms with E-state index < -0.39 is 9.84 Å². The molecular weight excluding hydrogens is 166 g/mol. The zero-order chi connectivity index (χ0) is 8.48. The monoisotopic (exact) mass is 179 g/mol. The average molecular weight is 179 g/mol. The molecule has 0 bridgehead atoms. The number of hydrogen-bond acceptors (Lipinski definition) is 4. The fourth-order valence-electron chi connectivity index (χ4n) is 1.25. The Bertz CT molecular complexity index is 224. The van der Waals surface area contributed by atoms with Crippen molar-refractivity contribution >= 4 is 9.84 Å². The molecule has 0 aromatic heterocycles. The fraction of sp³-hybridized carbons (Fsp3) is 1.00. The summed E-state index contributed by atoms with van der Waals surface area (Å²) in [5.74, 6) is 0. The summed E-state index contributed by atoms with van der Waals surface area (Å²) in [6.45, 7) is 0.496.